The topological polar surface area (TPSA) is 76.0 Å². The SMILES string of the molecule is Cc1nn(-c2ccc(F)cc2)c2sc(C(=O)NC(Cc3ccccc3)C(=O)NC3CC3)cc12. The maximum atomic E-state index is 13.3. The number of thiophene rings is 1. The van der Waals surface area contributed by atoms with Crippen molar-refractivity contribution >= 4 is 33.4 Å². The van der Waals surface area contributed by atoms with Crippen molar-refractivity contribution in [3.63, 3.8) is 0 Å². The number of nitrogens with one attached hydrogen (secondary N) is 2. The van der Waals surface area contributed by atoms with E-state index >= 15 is 0 Å². The van der Waals surface area contributed by atoms with Crippen LogP contribution in [0.5, 0.6) is 0 Å². The molecule has 2 heterocycles. The molecular formula is C25H23FN4O2S. The van der Waals surface area contributed by atoms with E-state index in [2.05, 4.69) is 15.7 Å². The van der Waals surface area contributed by atoms with Crippen molar-refractivity contribution < 1.29 is 14.0 Å². The number of fused-ring (bicyclic) bond motifs is 1. The number of halogens is 1. The molecule has 0 saturated heterocycles. The molecule has 6 nitrogen and oxygen atoms in total. The highest BCUT2D eigenvalue weighted by molar-refractivity contribution is 7.20. The normalized spacial score (nSPS) is 14.2. The maximum Gasteiger partial charge on any atom is 0.262 e. The van der Waals surface area contributed by atoms with Crippen molar-refractivity contribution in [1.82, 2.24) is 20.4 Å². The molecule has 2 aromatic carbocycles. The second-order valence-electron chi connectivity index (χ2n) is 8.30. The minimum atomic E-state index is -0.666. The number of rotatable bonds is 7. The molecule has 1 atom stereocenters. The molecule has 1 unspecified atom stereocenters. The van der Waals surface area contributed by atoms with Crippen LogP contribution in [0.1, 0.15) is 33.8 Å². The van der Waals surface area contributed by atoms with Crippen molar-refractivity contribution in [2.24, 2.45) is 0 Å². The van der Waals surface area contributed by atoms with Gasteiger partial charge in [-0.05, 0) is 55.7 Å². The monoisotopic (exact) mass is 462 g/mol. The van der Waals surface area contributed by atoms with Crippen LogP contribution < -0.4 is 10.6 Å². The van der Waals surface area contributed by atoms with E-state index in [-0.39, 0.29) is 23.7 Å². The molecule has 0 radical (unpaired) electrons. The third kappa shape index (κ3) is 4.66. The molecule has 8 heteroatoms. The number of aryl methyl sites for hydroxylation is 1. The van der Waals surface area contributed by atoms with E-state index in [9.17, 15) is 14.0 Å². The Morgan fingerprint density at radius 2 is 1.88 bits per heavy atom. The zero-order valence-corrected chi connectivity index (χ0v) is 18.9. The molecule has 33 heavy (non-hydrogen) atoms. The number of nitrogens with zero attached hydrogens (tertiary/aromatic N) is 2. The van der Waals surface area contributed by atoms with Crippen molar-refractivity contribution in [2.45, 2.75) is 38.3 Å². The summed E-state index contributed by atoms with van der Waals surface area (Å²) in [6.45, 7) is 1.87. The summed E-state index contributed by atoms with van der Waals surface area (Å²) >= 11 is 1.30. The number of amides is 2. The minimum absolute atomic E-state index is 0.163. The summed E-state index contributed by atoms with van der Waals surface area (Å²) in [6, 6.07) is 17.1. The van der Waals surface area contributed by atoms with Gasteiger partial charge < -0.3 is 10.6 Å². The minimum Gasteiger partial charge on any atom is -0.352 e. The van der Waals surface area contributed by atoms with Crippen LogP contribution in [0, 0.1) is 12.7 Å². The van der Waals surface area contributed by atoms with Gasteiger partial charge in [0.1, 0.15) is 16.7 Å². The van der Waals surface area contributed by atoms with E-state index < -0.39 is 6.04 Å². The molecule has 2 aromatic heterocycles. The largest absolute Gasteiger partial charge is 0.352 e. The van der Waals surface area contributed by atoms with Crippen LogP contribution in [0.25, 0.3) is 15.9 Å². The first-order valence-electron chi connectivity index (χ1n) is 10.9. The lowest BCUT2D eigenvalue weighted by molar-refractivity contribution is -0.123. The van der Waals surface area contributed by atoms with Gasteiger partial charge in [0, 0.05) is 17.8 Å². The zero-order valence-electron chi connectivity index (χ0n) is 18.0. The molecule has 5 rings (SSSR count). The Morgan fingerprint density at radius 1 is 1.15 bits per heavy atom. The summed E-state index contributed by atoms with van der Waals surface area (Å²) in [7, 11) is 0. The van der Waals surface area contributed by atoms with Gasteiger partial charge in [-0.25, -0.2) is 9.07 Å². The Morgan fingerprint density at radius 3 is 2.58 bits per heavy atom. The van der Waals surface area contributed by atoms with Gasteiger partial charge in [0.15, 0.2) is 0 Å². The van der Waals surface area contributed by atoms with Crippen LogP contribution in [0.4, 0.5) is 4.39 Å². The van der Waals surface area contributed by atoms with Crippen molar-refractivity contribution in [3.05, 3.63) is 82.6 Å². The number of carbonyl (C=O) groups is 2. The fraction of sp³-hybridized carbons (Fsp3) is 0.240. The highest BCUT2D eigenvalue weighted by Crippen LogP contribution is 2.30. The van der Waals surface area contributed by atoms with Crippen LogP contribution in [0.2, 0.25) is 0 Å². The standard InChI is InChI=1S/C25H23FN4O2S/c1-15-20-14-22(33-25(20)30(29-15)19-11-7-17(26)8-12-19)24(32)28-21(23(31)27-18-9-10-18)13-16-5-3-2-4-6-16/h2-8,11-12,14,18,21H,9-10,13H2,1H3,(H,27,31)(H,28,32). The van der Waals surface area contributed by atoms with Gasteiger partial charge >= 0.3 is 0 Å². The van der Waals surface area contributed by atoms with Crippen LogP contribution >= 0.6 is 11.3 Å². The van der Waals surface area contributed by atoms with Crippen molar-refractivity contribution in [1.29, 1.82) is 0 Å². The van der Waals surface area contributed by atoms with Gasteiger partial charge in [-0.2, -0.15) is 5.10 Å². The van der Waals surface area contributed by atoms with Crippen LogP contribution in [0.15, 0.2) is 60.7 Å². The molecule has 1 fully saturated rings. The summed E-state index contributed by atoms with van der Waals surface area (Å²) in [5.41, 5.74) is 2.47. The van der Waals surface area contributed by atoms with E-state index in [0.29, 0.717) is 17.0 Å². The van der Waals surface area contributed by atoms with Gasteiger partial charge in [-0.3, -0.25) is 9.59 Å². The van der Waals surface area contributed by atoms with E-state index in [1.54, 1.807) is 22.9 Å². The number of hydrogen-bond donors (Lipinski definition) is 2. The summed E-state index contributed by atoms with van der Waals surface area (Å²) in [5, 5.41) is 11.3. The molecule has 1 aliphatic carbocycles. The molecule has 2 amide bonds. The highest BCUT2D eigenvalue weighted by atomic mass is 32.1. The second-order valence-corrected chi connectivity index (χ2v) is 9.33. The highest BCUT2D eigenvalue weighted by Gasteiger charge is 2.29. The molecule has 1 aliphatic rings. The summed E-state index contributed by atoms with van der Waals surface area (Å²) in [5.74, 6) is -0.781. The zero-order chi connectivity index (χ0) is 22.9. The third-order valence-corrected chi connectivity index (χ3v) is 6.78. The van der Waals surface area contributed by atoms with Gasteiger partial charge in [0.25, 0.3) is 5.91 Å². The average Bonchev–Trinajstić information content (AvgIpc) is 3.42. The number of carbonyl (C=O) groups excluding carboxylic acids is 2. The van der Waals surface area contributed by atoms with Crippen LogP contribution in [0.3, 0.4) is 0 Å². The number of benzene rings is 2. The molecule has 0 bridgehead atoms. The first-order valence-corrected chi connectivity index (χ1v) is 11.7. The maximum absolute atomic E-state index is 13.3. The smallest absolute Gasteiger partial charge is 0.262 e. The Bertz CT molecular complexity index is 1310. The molecule has 2 N–H and O–H groups in total. The summed E-state index contributed by atoms with van der Waals surface area (Å²) in [6.07, 6.45) is 2.37. The molecule has 4 aromatic rings. The Kier molecular flexibility index (Phi) is 5.68. The summed E-state index contributed by atoms with van der Waals surface area (Å²) in [4.78, 5) is 27.3. The van der Waals surface area contributed by atoms with Gasteiger partial charge in [0.05, 0.1) is 16.3 Å². The Labute approximate surface area is 194 Å². The van der Waals surface area contributed by atoms with E-state index in [1.807, 2.05) is 37.3 Å². The van der Waals surface area contributed by atoms with Crippen LogP contribution in [-0.2, 0) is 11.2 Å². The van der Waals surface area contributed by atoms with Gasteiger partial charge in [-0.1, -0.05) is 30.3 Å². The number of aromatic nitrogens is 2. The molecule has 0 aliphatic heterocycles. The lowest BCUT2D eigenvalue weighted by atomic mass is 10.1. The number of hydrogen-bond acceptors (Lipinski definition) is 4. The lowest BCUT2D eigenvalue weighted by Crippen LogP contribution is -2.48. The second kappa shape index (κ2) is 8.78. The quantitative estimate of drug-likeness (QED) is 0.433. The van der Waals surface area contributed by atoms with Gasteiger partial charge in [-0.15, -0.1) is 11.3 Å². The predicted molar refractivity (Wildman–Crippen MR) is 126 cm³/mol. The third-order valence-electron chi connectivity index (χ3n) is 5.67. The predicted octanol–water partition coefficient (Wildman–Crippen LogP) is 4.15. The summed E-state index contributed by atoms with van der Waals surface area (Å²) < 4.78 is 15.1. The van der Waals surface area contributed by atoms with Gasteiger partial charge in [0.2, 0.25) is 5.91 Å². The van der Waals surface area contributed by atoms with E-state index in [0.717, 1.165) is 34.3 Å². The fourth-order valence-corrected chi connectivity index (χ4v) is 4.82. The molecular weight excluding hydrogens is 439 g/mol. The Hall–Kier alpha value is -3.52. The first-order chi connectivity index (χ1) is 16.0. The first kappa shape index (κ1) is 21.3. The van der Waals surface area contributed by atoms with Crippen LogP contribution in [-0.4, -0.2) is 33.7 Å². The lowest BCUT2D eigenvalue weighted by Gasteiger charge is -2.18. The molecule has 1 saturated carbocycles. The van der Waals surface area contributed by atoms with E-state index in [4.69, 9.17) is 0 Å². The average molecular weight is 463 g/mol. The van der Waals surface area contributed by atoms with Crippen molar-refractivity contribution in [3.8, 4) is 5.69 Å². The fourth-order valence-electron chi connectivity index (χ4n) is 3.73. The molecule has 0 spiro atoms. The van der Waals surface area contributed by atoms with Crippen molar-refractivity contribution in [2.75, 3.05) is 0 Å². The van der Waals surface area contributed by atoms with E-state index in [1.165, 1.54) is 23.5 Å². The molecule has 168 valence electrons. The Balaban J connectivity index is 1.40.